The molecule has 2 heterocycles. The number of aryl methyl sites for hydroxylation is 3. The second-order valence-electron chi connectivity index (χ2n) is 8.99. The molecule has 1 atom stereocenters. The van der Waals surface area contributed by atoms with Gasteiger partial charge in [-0.05, 0) is 69.4 Å². The van der Waals surface area contributed by atoms with Crippen LogP contribution < -0.4 is 10.1 Å². The fourth-order valence-electron chi connectivity index (χ4n) is 4.52. The number of imidazole rings is 1. The first-order chi connectivity index (χ1) is 15.9. The molecule has 0 aliphatic carbocycles. The van der Waals surface area contributed by atoms with Gasteiger partial charge in [0.05, 0.1) is 17.6 Å². The molecule has 1 fully saturated rings. The standard InChI is InChI=1S/C26H32N4O3/c1-17-6-9-24(18(2)13-17)33-12-10-27-25(31)14-20-5-4-11-30(16-20)26(32)21-7-8-22-23(15-21)29-19(3)28-22/h6-9,13,15,20H,4-5,10-12,14,16H2,1-3H3,(H,27,31)(H,28,29). The summed E-state index contributed by atoms with van der Waals surface area (Å²) in [5.41, 5.74) is 4.67. The summed E-state index contributed by atoms with van der Waals surface area (Å²) in [5.74, 6) is 1.86. The molecule has 0 radical (unpaired) electrons. The zero-order valence-corrected chi connectivity index (χ0v) is 19.6. The number of carbonyl (C=O) groups excluding carboxylic acids is 2. The van der Waals surface area contributed by atoms with Gasteiger partial charge in [-0.3, -0.25) is 9.59 Å². The number of rotatable bonds is 7. The highest BCUT2D eigenvalue weighted by Gasteiger charge is 2.26. The van der Waals surface area contributed by atoms with E-state index in [4.69, 9.17) is 4.74 Å². The molecule has 0 saturated carbocycles. The third kappa shape index (κ3) is 5.72. The van der Waals surface area contributed by atoms with E-state index >= 15 is 0 Å². The van der Waals surface area contributed by atoms with E-state index in [1.807, 2.05) is 49.1 Å². The zero-order valence-electron chi connectivity index (χ0n) is 19.6. The van der Waals surface area contributed by atoms with E-state index in [2.05, 4.69) is 28.3 Å². The number of piperidine rings is 1. The Morgan fingerprint density at radius 1 is 1.18 bits per heavy atom. The van der Waals surface area contributed by atoms with E-state index in [1.165, 1.54) is 5.56 Å². The van der Waals surface area contributed by atoms with E-state index < -0.39 is 0 Å². The summed E-state index contributed by atoms with van der Waals surface area (Å²) in [5, 5.41) is 2.95. The average molecular weight is 449 g/mol. The van der Waals surface area contributed by atoms with Crippen molar-refractivity contribution in [3.63, 3.8) is 0 Å². The number of ether oxygens (including phenoxy) is 1. The molecule has 33 heavy (non-hydrogen) atoms. The minimum absolute atomic E-state index is 0.00730. The molecule has 174 valence electrons. The number of carbonyl (C=O) groups is 2. The number of nitrogens with zero attached hydrogens (tertiary/aromatic N) is 2. The Kier molecular flexibility index (Phi) is 6.96. The number of H-pyrrole nitrogens is 1. The average Bonchev–Trinajstić information content (AvgIpc) is 3.16. The number of hydrogen-bond acceptors (Lipinski definition) is 4. The number of amides is 2. The first kappa shape index (κ1) is 22.8. The van der Waals surface area contributed by atoms with Gasteiger partial charge in [0.15, 0.2) is 0 Å². The van der Waals surface area contributed by atoms with Crippen LogP contribution in [0.1, 0.15) is 46.6 Å². The molecule has 7 heteroatoms. The molecule has 0 spiro atoms. The molecule has 1 aliphatic rings. The molecule has 1 aromatic heterocycles. The zero-order chi connectivity index (χ0) is 23.4. The molecule has 2 aromatic carbocycles. The van der Waals surface area contributed by atoms with Crippen LogP contribution in [0.25, 0.3) is 11.0 Å². The third-order valence-corrected chi connectivity index (χ3v) is 6.14. The molecule has 0 bridgehead atoms. The van der Waals surface area contributed by atoms with Crippen molar-refractivity contribution in [2.24, 2.45) is 5.92 Å². The van der Waals surface area contributed by atoms with Crippen molar-refractivity contribution in [3.05, 3.63) is 58.9 Å². The maximum absolute atomic E-state index is 13.1. The van der Waals surface area contributed by atoms with Crippen molar-refractivity contribution in [1.82, 2.24) is 20.2 Å². The Balaban J connectivity index is 1.24. The summed E-state index contributed by atoms with van der Waals surface area (Å²) < 4.78 is 5.79. The van der Waals surface area contributed by atoms with Gasteiger partial charge in [-0.25, -0.2) is 4.98 Å². The third-order valence-electron chi connectivity index (χ3n) is 6.14. The molecule has 3 aromatic rings. The molecular weight excluding hydrogens is 416 g/mol. The van der Waals surface area contributed by atoms with Gasteiger partial charge in [0.2, 0.25) is 5.91 Å². The highest BCUT2D eigenvalue weighted by atomic mass is 16.5. The Labute approximate surface area is 194 Å². The second-order valence-corrected chi connectivity index (χ2v) is 8.99. The minimum Gasteiger partial charge on any atom is -0.491 e. The highest BCUT2D eigenvalue weighted by molar-refractivity contribution is 5.97. The summed E-state index contributed by atoms with van der Waals surface area (Å²) in [4.78, 5) is 34.9. The SMILES string of the molecule is Cc1ccc(OCCNC(=O)CC2CCCN(C(=O)c3ccc4nc(C)[nH]c4c3)C2)c(C)c1. The summed E-state index contributed by atoms with van der Waals surface area (Å²) in [6.07, 6.45) is 2.28. The number of aromatic amines is 1. The molecule has 4 rings (SSSR count). The van der Waals surface area contributed by atoms with Gasteiger partial charge in [-0.15, -0.1) is 0 Å². The summed E-state index contributed by atoms with van der Waals surface area (Å²) in [6, 6.07) is 11.6. The fourth-order valence-corrected chi connectivity index (χ4v) is 4.52. The van der Waals surface area contributed by atoms with Crippen LogP contribution in [0, 0.1) is 26.7 Å². The van der Waals surface area contributed by atoms with Crippen LogP contribution in [0.2, 0.25) is 0 Å². The van der Waals surface area contributed by atoms with E-state index in [0.717, 1.165) is 47.6 Å². The number of hydrogen-bond donors (Lipinski definition) is 2. The van der Waals surface area contributed by atoms with Gasteiger partial charge >= 0.3 is 0 Å². The number of likely N-dealkylation sites (tertiary alicyclic amines) is 1. The van der Waals surface area contributed by atoms with Gasteiger partial charge < -0.3 is 19.9 Å². The predicted octanol–water partition coefficient (Wildman–Crippen LogP) is 3.93. The van der Waals surface area contributed by atoms with Gasteiger partial charge in [0.25, 0.3) is 5.91 Å². The smallest absolute Gasteiger partial charge is 0.253 e. The first-order valence-electron chi connectivity index (χ1n) is 11.6. The quantitative estimate of drug-likeness (QED) is 0.536. The van der Waals surface area contributed by atoms with Crippen molar-refractivity contribution in [2.45, 2.75) is 40.0 Å². The number of aromatic nitrogens is 2. The van der Waals surface area contributed by atoms with Crippen molar-refractivity contribution < 1.29 is 14.3 Å². The second kappa shape index (κ2) is 10.1. The van der Waals surface area contributed by atoms with Crippen molar-refractivity contribution >= 4 is 22.8 Å². The minimum atomic E-state index is 0.00730. The summed E-state index contributed by atoms with van der Waals surface area (Å²) >= 11 is 0. The molecular formula is C26H32N4O3. The molecule has 2 amide bonds. The highest BCUT2D eigenvalue weighted by Crippen LogP contribution is 2.23. The predicted molar refractivity (Wildman–Crippen MR) is 128 cm³/mol. The fraction of sp³-hybridized carbons (Fsp3) is 0.423. The van der Waals surface area contributed by atoms with Crippen LogP contribution in [-0.4, -0.2) is 52.9 Å². The van der Waals surface area contributed by atoms with Gasteiger partial charge in [-0.1, -0.05) is 17.7 Å². The molecule has 1 unspecified atom stereocenters. The Bertz CT molecular complexity index is 1150. The summed E-state index contributed by atoms with van der Waals surface area (Å²) in [7, 11) is 0. The lowest BCUT2D eigenvalue weighted by molar-refractivity contribution is -0.122. The van der Waals surface area contributed by atoms with Crippen LogP contribution in [0.15, 0.2) is 36.4 Å². The van der Waals surface area contributed by atoms with Crippen LogP contribution in [0.4, 0.5) is 0 Å². The maximum atomic E-state index is 13.1. The monoisotopic (exact) mass is 448 g/mol. The lowest BCUT2D eigenvalue weighted by atomic mass is 9.94. The lowest BCUT2D eigenvalue weighted by Gasteiger charge is -2.32. The van der Waals surface area contributed by atoms with E-state index in [9.17, 15) is 9.59 Å². The Morgan fingerprint density at radius 3 is 2.85 bits per heavy atom. The number of nitrogens with one attached hydrogen (secondary N) is 2. The van der Waals surface area contributed by atoms with Gasteiger partial charge in [-0.2, -0.15) is 0 Å². The number of benzene rings is 2. The Hall–Kier alpha value is -3.35. The first-order valence-corrected chi connectivity index (χ1v) is 11.6. The molecule has 1 aliphatic heterocycles. The van der Waals surface area contributed by atoms with Gasteiger partial charge in [0, 0.05) is 25.1 Å². The van der Waals surface area contributed by atoms with E-state index in [1.54, 1.807) is 0 Å². The molecule has 7 nitrogen and oxygen atoms in total. The lowest BCUT2D eigenvalue weighted by Crippen LogP contribution is -2.41. The van der Waals surface area contributed by atoms with Gasteiger partial charge in [0.1, 0.15) is 18.2 Å². The largest absolute Gasteiger partial charge is 0.491 e. The number of fused-ring (bicyclic) bond motifs is 1. The van der Waals surface area contributed by atoms with Crippen molar-refractivity contribution in [2.75, 3.05) is 26.2 Å². The van der Waals surface area contributed by atoms with E-state index in [0.29, 0.717) is 31.7 Å². The normalized spacial score (nSPS) is 16.1. The van der Waals surface area contributed by atoms with Crippen molar-refractivity contribution in [1.29, 1.82) is 0 Å². The Morgan fingerprint density at radius 2 is 2.03 bits per heavy atom. The van der Waals surface area contributed by atoms with Crippen LogP contribution in [-0.2, 0) is 4.79 Å². The van der Waals surface area contributed by atoms with E-state index in [-0.39, 0.29) is 17.7 Å². The van der Waals surface area contributed by atoms with Crippen LogP contribution in [0.5, 0.6) is 5.75 Å². The topological polar surface area (TPSA) is 87.3 Å². The molecule has 1 saturated heterocycles. The van der Waals surface area contributed by atoms with Crippen LogP contribution in [0.3, 0.4) is 0 Å². The van der Waals surface area contributed by atoms with Crippen molar-refractivity contribution in [3.8, 4) is 5.75 Å². The molecule has 2 N–H and O–H groups in total. The maximum Gasteiger partial charge on any atom is 0.253 e. The summed E-state index contributed by atoms with van der Waals surface area (Å²) in [6.45, 7) is 8.19. The van der Waals surface area contributed by atoms with Crippen LogP contribution >= 0.6 is 0 Å².